The Hall–Kier alpha value is -3.61. The monoisotopic (exact) mass is 599 g/mol. The number of carbonyl (C=O) groups excluding carboxylic acids is 2. The quantitative estimate of drug-likeness (QED) is 0.274. The maximum Gasteiger partial charge on any atom is 0.434 e. The second-order valence-corrected chi connectivity index (χ2v) is 10.6. The van der Waals surface area contributed by atoms with Crippen molar-refractivity contribution in [2.45, 2.75) is 24.9 Å². The van der Waals surface area contributed by atoms with Crippen molar-refractivity contribution >= 4 is 55.9 Å². The van der Waals surface area contributed by atoms with Crippen molar-refractivity contribution in [1.82, 2.24) is 14.5 Å². The number of aryl methyl sites for hydroxylation is 1. The van der Waals surface area contributed by atoms with Gasteiger partial charge in [-0.05, 0) is 55.6 Å². The number of fused-ring (bicyclic) bond motifs is 1. The van der Waals surface area contributed by atoms with Crippen LogP contribution < -0.4 is 4.72 Å². The summed E-state index contributed by atoms with van der Waals surface area (Å²) in [5.41, 5.74) is -2.67. The average molecular weight is 600 g/mol. The molecule has 0 fully saturated rings. The van der Waals surface area contributed by atoms with E-state index in [0.29, 0.717) is 20.5 Å². The van der Waals surface area contributed by atoms with Gasteiger partial charge in [0.15, 0.2) is 5.69 Å². The minimum Gasteiger partial charge on any atom is -0.462 e. The number of amides is 1. The maximum atomic E-state index is 13.8. The number of ether oxygens (including phenoxy) is 1. The Morgan fingerprint density at radius 3 is 2.46 bits per heavy atom. The van der Waals surface area contributed by atoms with E-state index in [2.05, 4.69) is 5.10 Å². The summed E-state index contributed by atoms with van der Waals surface area (Å²) >= 11 is 12.0. The van der Waals surface area contributed by atoms with Gasteiger partial charge in [0.2, 0.25) is 0 Å². The largest absolute Gasteiger partial charge is 0.462 e. The number of carbonyl (C=O) groups is 2. The van der Waals surface area contributed by atoms with Crippen LogP contribution in [0.4, 0.5) is 13.2 Å². The molecule has 0 atom stereocenters. The van der Waals surface area contributed by atoms with Gasteiger partial charge in [-0.2, -0.15) is 18.3 Å². The molecule has 4 aromatic rings. The van der Waals surface area contributed by atoms with Crippen LogP contribution in [0.25, 0.3) is 16.5 Å². The first-order valence-electron chi connectivity index (χ1n) is 11.1. The van der Waals surface area contributed by atoms with Gasteiger partial charge in [0.05, 0.1) is 33.5 Å². The van der Waals surface area contributed by atoms with Gasteiger partial charge in [-0.25, -0.2) is 22.6 Å². The SMILES string of the molecule is CCOC(=O)c1cc(C(=O)NS(=O)(=O)c2ccc3cccc(Cl)c3c2)ccc1-n1nc(C)c(Cl)c1C(F)(F)F. The molecule has 204 valence electrons. The second kappa shape index (κ2) is 10.5. The van der Waals surface area contributed by atoms with E-state index in [4.69, 9.17) is 27.9 Å². The molecule has 8 nitrogen and oxygen atoms in total. The molecular weight excluding hydrogens is 582 g/mol. The second-order valence-electron chi connectivity index (χ2n) is 8.17. The third-order valence-electron chi connectivity index (χ3n) is 5.58. The molecule has 0 aliphatic heterocycles. The van der Waals surface area contributed by atoms with Gasteiger partial charge < -0.3 is 4.74 Å². The fourth-order valence-corrected chi connectivity index (χ4v) is 5.24. The number of rotatable bonds is 6. The number of halogens is 5. The maximum absolute atomic E-state index is 13.8. The van der Waals surface area contributed by atoms with Gasteiger partial charge in [-0.3, -0.25) is 4.79 Å². The number of alkyl halides is 3. The number of esters is 1. The number of nitrogens with one attached hydrogen (secondary N) is 1. The molecule has 0 saturated heterocycles. The molecule has 1 aromatic heterocycles. The molecular formula is C25H18Cl2F3N3O5S. The van der Waals surface area contributed by atoms with Crippen molar-refractivity contribution in [2.24, 2.45) is 0 Å². The minimum absolute atomic E-state index is 0.126. The Kier molecular flexibility index (Phi) is 7.66. The normalized spacial score (nSPS) is 12.0. The van der Waals surface area contributed by atoms with Crippen LogP contribution in [0.2, 0.25) is 10.0 Å². The fraction of sp³-hybridized carbons (Fsp3) is 0.160. The zero-order valence-electron chi connectivity index (χ0n) is 20.1. The molecule has 14 heteroatoms. The fourth-order valence-electron chi connectivity index (χ4n) is 3.78. The summed E-state index contributed by atoms with van der Waals surface area (Å²) in [7, 11) is -4.41. The van der Waals surface area contributed by atoms with Crippen LogP contribution in [0.3, 0.4) is 0 Å². The van der Waals surface area contributed by atoms with Gasteiger partial charge >= 0.3 is 12.1 Å². The van der Waals surface area contributed by atoms with Crippen LogP contribution in [0, 0.1) is 6.92 Å². The zero-order valence-corrected chi connectivity index (χ0v) is 22.5. The van der Waals surface area contributed by atoms with E-state index in [-0.39, 0.29) is 28.4 Å². The lowest BCUT2D eigenvalue weighted by Crippen LogP contribution is -2.31. The van der Waals surface area contributed by atoms with E-state index in [1.54, 1.807) is 18.2 Å². The van der Waals surface area contributed by atoms with Crippen molar-refractivity contribution < 1.29 is 35.9 Å². The minimum atomic E-state index is -4.93. The Morgan fingerprint density at radius 2 is 1.79 bits per heavy atom. The molecule has 0 saturated carbocycles. The first kappa shape index (κ1) is 28.4. The number of sulfonamides is 1. The summed E-state index contributed by atoms with van der Waals surface area (Å²) in [4.78, 5) is 25.4. The highest BCUT2D eigenvalue weighted by molar-refractivity contribution is 7.90. The third kappa shape index (κ3) is 5.58. The lowest BCUT2D eigenvalue weighted by atomic mass is 10.1. The van der Waals surface area contributed by atoms with Crippen molar-refractivity contribution in [3.63, 3.8) is 0 Å². The number of hydrogen-bond acceptors (Lipinski definition) is 6. The lowest BCUT2D eigenvalue weighted by molar-refractivity contribution is -0.142. The van der Waals surface area contributed by atoms with Crippen molar-refractivity contribution in [3.8, 4) is 5.69 Å². The summed E-state index contributed by atoms with van der Waals surface area (Å²) in [6, 6.07) is 12.1. The molecule has 3 aromatic carbocycles. The number of nitrogens with zero attached hydrogens (tertiary/aromatic N) is 2. The highest BCUT2D eigenvalue weighted by Gasteiger charge is 2.40. The number of aromatic nitrogens is 2. The van der Waals surface area contributed by atoms with Crippen LogP contribution in [-0.2, 0) is 20.9 Å². The van der Waals surface area contributed by atoms with E-state index in [1.165, 1.54) is 32.0 Å². The summed E-state index contributed by atoms with van der Waals surface area (Å²) in [6.45, 7) is 2.61. The van der Waals surface area contributed by atoms with Crippen LogP contribution in [0.15, 0.2) is 59.5 Å². The molecule has 1 N–H and O–H groups in total. The van der Waals surface area contributed by atoms with Gasteiger partial charge in [0.25, 0.3) is 15.9 Å². The first-order chi connectivity index (χ1) is 18.2. The molecule has 4 rings (SSSR count). The zero-order chi connectivity index (χ0) is 28.7. The molecule has 0 bridgehead atoms. The molecule has 39 heavy (non-hydrogen) atoms. The summed E-state index contributed by atoms with van der Waals surface area (Å²) in [5.74, 6) is -2.20. The van der Waals surface area contributed by atoms with Crippen molar-refractivity contribution in [3.05, 3.63) is 87.2 Å². The smallest absolute Gasteiger partial charge is 0.434 e. The Balaban J connectivity index is 1.76. The van der Waals surface area contributed by atoms with Gasteiger partial charge in [-0.1, -0.05) is 41.4 Å². The first-order valence-corrected chi connectivity index (χ1v) is 13.4. The predicted octanol–water partition coefficient (Wildman–Crippen LogP) is 5.95. The highest BCUT2D eigenvalue weighted by Crippen LogP contribution is 2.38. The number of hydrogen-bond donors (Lipinski definition) is 1. The summed E-state index contributed by atoms with van der Waals surface area (Å²) in [5, 5.41) is 4.56. The van der Waals surface area contributed by atoms with E-state index < -0.39 is 44.4 Å². The molecule has 0 radical (unpaired) electrons. The standard InChI is InChI=1S/C25H18Cl2F3N3O5S/c1-3-38-24(35)18-11-15(8-10-20(18)33-22(25(28,29)30)21(27)13(2)31-33)23(34)32-39(36,37)16-9-7-14-5-4-6-19(26)17(14)12-16/h4-12H,3H2,1-2H3,(H,32,34). The predicted molar refractivity (Wildman–Crippen MR) is 138 cm³/mol. The molecule has 1 amide bonds. The average Bonchev–Trinajstić information content (AvgIpc) is 3.17. The number of benzene rings is 3. The Morgan fingerprint density at radius 1 is 1.08 bits per heavy atom. The van der Waals surface area contributed by atoms with E-state index in [1.807, 2.05) is 4.72 Å². The van der Waals surface area contributed by atoms with Crippen LogP contribution in [-0.4, -0.2) is 36.7 Å². The van der Waals surface area contributed by atoms with Crippen molar-refractivity contribution in [1.29, 1.82) is 0 Å². The third-order valence-corrected chi connectivity index (χ3v) is 7.69. The van der Waals surface area contributed by atoms with Crippen molar-refractivity contribution in [2.75, 3.05) is 6.61 Å². The summed E-state index contributed by atoms with van der Waals surface area (Å²) < 4.78 is 74.5. The van der Waals surface area contributed by atoms with Crippen LogP contribution in [0.1, 0.15) is 39.0 Å². The Bertz CT molecular complexity index is 1740. The van der Waals surface area contributed by atoms with E-state index in [0.717, 1.165) is 18.2 Å². The summed E-state index contributed by atoms with van der Waals surface area (Å²) in [6.07, 6.45) is -4.93. The highest BCUT2D eigenvalue weighted by atomic mass is 35.5. The van der Waals surface area contributed by atoms with Crippen LogP contribution >= 0.6 is 23.2 Å². The molecule has 0 aliphatic rings. The molecule has 0 aliphatic carbocycles. The Labute approximate surface area is 230 Å². The van der Waals surface area contributed by atoms with Gasteiger partial charge in [0.1, 0.15) is 0 Å². The molecule has 0 unspecified atom stereocenters. The molecule has 0 spiro atoms. The van der Waals surface area contributed by atoms with E-state index in [9.17, 15) is 31.2 Å². The molecule has 1 heterocycles. The lowest BCUT2D eigenvalue weighted by Gasteiger charge is -2.15. The van der Waals surface area contributed by atoms with E-state index >= 15 is 0 Å². The van der Waals surface area contributed by atoms with Crippen LogP contribution in [0.5, 0.6) is 0 Å². The van der Waals surface area contributed by atoms with Gasteiger partial charge in [-0.15, -0.1) is 0 Å². The van der Waals surface area contributed by atoms with Gasteiger partial charge in [0, 0.05) is 16.0 Å². The topological polar surface area (TPSA) is 107 Å².